The number of fused-ring (bicyclic) bond motifs is 1. The van der Waals surface area contributed by atoms with E-state index in [1.54, 1.807) is 0 Å². The Morgan fingerprint density at radius 3 is 2.62 bits per heavy atom. The second kappa shape index (κ2) is 7.09. The summed E-state index contributed by atoms with van der Waals surface area (Å²) in [6.07, 6.45) is 1.63. The maximum atomic E-state index is 12.5. The summed E-state index contributed by atoms with van der Waals surface area (Å²) in [4.78, 5) is 23.3. The molecule has 1 N–H and O–H groups in total. The van der Waals surface area contributed by atoms with Crippen molar-refractivity contribution < 1.29 is 4.79 Å². The first-order chi connectivity index (χ1) is 11.6. The molecule has 0 atom stereocenters. The molecule has 0 aliphatic carbocycles. The Bertz CT molecular complexity index is 871. The quantitative estimate of drug-likeness (QED) is 0.768. The highest BCUT2D eigenvalue weighted by molar-refractivity contribution is 7.20. The lowest BCUT2D eigenvalue weighted by molar-refractivity contribution is 0.0957. The van der Waals surface area contributed by atoms with E-state index in [2.05, 4.69) is 27.4 Å². The van der Waals surface area contributed by atoms with Crippen LogP contribution in [0.15, 0.2) is 30.3 Å². The van der Waals surface area contributed by atoms with Crippen LogP contribution >= 0.6 is 11.3 Å². The van der Waals surface area contributed by atoms with Crippen molar-refractivity contribution in [2.45, 2.75) is 33.6 Å². The number of aromatic nitrogens is 2. The topological polar surface area (TPSA) is 54.9 Å². The van der Waals surface area contributed by atoms with Crippen LogP contribution in [0.2, 0.25) is 0 Å². The molecular weight excluding hydrogens is 318 g/mol. The van der Waals surface area contributed by atoms with E-state index in [0.717, 1.165) is 45.0 Å². The molecule has 0 saturated carbocycles. The lowest BCUT2D eigenvalue weighted by atomic mass is 10.1. The highest BCUT2D eigenvalue weighted by Gasteiger charge is 2.18. The Morgan fingerprint density at radius 2 is 1.92 bits per heavy atom. The van der Waals surface area contributed by atoms with Gasteiger partial charge in [-0.1, -0.05) is 37.3 Å². The van der Waals surface area contributed by atoms with E-state index in [4.69, 9.17) is 0 Å². The molecule has 124 valence electrons. The summed E-state index contributed by atoms with van der Waals surface area (Å²) in [6.45, 7) is 6.63. The highest BCUT2D eigenvalue weighted by atomic mass is 32.1. The summed E-state index contributed by atoms with van der Waals surface area (Å²) in [6, 6.07) is 10.2. The average Bonchev–Trinajstić information content (AvgIpc) is 2.93. The number of nitrogens with zero attached hydrogens (tertiary/aromatic N) is 2. The number of nitrogens with one attached hydrogen (secondary N) is 1. The van der Waals surface area contributed by atoms with Crippen molar-refractivity contribution >= 4 is 27.5 Å². The molecule has 0 fully saturated rings. The fourth-order valence-corrected chi connectivity index (χ4v) is 3.98. The van der Waals surface area contributed by atoms with Crippen LogP contribution in [0.3, 0.4) is 0 Å². The number of carbonyl (C=O) groups excluding carboxylic acids is 1. The minimum atomic E-state index is -0.0242. The lowest BCUT2D eigenvalue weighted by Crippen LogP contribution is -2.25. The van der Waals surface area contributed by atoms with Gasteiger partial charge >= 0.3 is 0 Å². The van der Waals surface area contributed by atoms with Crippen LogP contribution < -0.4 is 5.32 Å². The maximum Gasteiger partial charge on any atom is 0.261 e. The summed E-state index contributed by atoms with van der Waals surface area (Å²) in [5.41, 5.74) is 3.15. The van der Waals surface area contributed by atoms with E-state index in [0.29, 0.717) is 6.54 Å². The van der Waals surface area contributed by atoms with E-state index >= 15 is 0 Å². The second-order valence-corrected chi connectivity index (χ2v) is 6.81. The van der Waals surface area contributed by atoms with E-state index in [9.17, 15) is 4.79 Å². The summed E-state index contributed by atoms with van der Waals surface area (Å²) >= 11 is 1.46. The van der Waals surface area contributed by atoms with Gasteiger partial charge in [-0.15, -0.1) is 11.3 Å². The molecule has 5 heteroatoms. The molecule has 0 aliphatic rings. The fraction of sp³-hybridized carbons (Fsp3) is 0.316. The maximum absolute atomic E-state index is 12.5. The van der Waals surface area contributed by atoms with Gasteiger partial charge in [-0.25, -0.2) is 9.97 Å². The van der Waals surface area contributed by atoms with Crippen LogP contribution in [0.4, 0.5) is 0 Å². The SMILES string of the molecule is CCc1nc(C)c2c(C)c(C(=O)NCCc3ccccc3)sc2n1. The van der Waals surface area contributed by atoms with E-state index in [1.165, 1.54) is 16.9 Å². The number of rotatable bonds is 5. The van der Waals surface area contributed by atoms with Crippen molar-refractivity contribution in [2.75, 3.05) is 6.54 Å². The standard InChI is InChI=1S/C19H21N3OS/c1-4-15-21-13(3)16-12(2)17(24-19(16)22-15)18(23)20-11-10-14-8-6-5-7-9-14/h5-9H,4,10-11H2,1-3H3,(H,20,23). The van der Waals surface area contributed by atoms with Gasteiger partial charge in [0.25, 0.3) is 5.91 Å². The third-order valence-corrected chi connectivity index (χ3v) is 5.27. The summed E-state index contributed by atoms with van der Waals surface area (Å²) < 4.78 is 0. The second-order valence-electron chi connectivity index (χ2n) is 5.81. The number of aryl methyl sites for hydroxylation is 3. The minimum absolute atomic E-state index is 0.0242. The summed E-state index contributed by atoms with van der Waals surface area (Å²) in [5, 5.41) is 4.04. The number of hydrogen-bond acceptors (Lipinski definition) is 4. The molecule has 1 amide bonds. The van der Waals surface area contributed by atoms with Gasteiger partial charge in [-0.3, -0.25) is 4.79 Å². The van der Waals surface area contributed by atoms with Crippen molar-refractivity contribution in [1.29, 1.82) is 0 Å². The number of hydrogen-bond donors (Lipinski definition) is 1. The summed E-state index contributed by atoms with van der Waals surface area (Å²) in [7, 11) is 0. The van der Waals surface area contributed by atoms with Crippen molar-refractivity contribution in [3.8, 4) is 0 Å². The van der Waals surface area contributed by atoms with Crippen molar-refractivity contribution in [2.24, 2.45) is 0 Å². The predicted molar refractivity (Wildman–Crippen MR) is 98.7 cm³/mol. The number of amides is 1. The zero-order valence-electron chi connectivity index (χ0n) is 14.2. The largest absolute Gasteiger partial charge is 0.351 e. The monoisotopic (exact) mass is 339 g/mol. The third-order valence-electron chi connectivity index (χ3n) is 4.08. The smallest absolute Gasteiger partial charge is 0.261 e. The Labute approximate surface area is 146 Å². The number of benzene rings is 1. The van der Waals surface area contributed by atoms with Crippen LogP contribution in [-0.4, -0.2) is 22.4 Å². The van der Waals surface area contributed by atoms with Gasteiger partial charge in [-0.05, 0) is 31.4 Å². The van der Waals surface area contributed by atoms with Gasteiger partial charge in [0, 0.05) is 24.0 Å². The van der Waals surface area contributed by atoms with E-state index < -0.39 is 0 Å². The Morgan fingerprint density at radius 1 is 1.17 bits per heavy atom. The molecular formula is C19H21N3OS. The predicted octanol–water partition coefficient (Wildman–Crippen LogP) is 3.84. The molecule has 4 nitrogen and oxygen atoms in total. The molecule has 0 spiro atoms. The molecule has 0 bridgehead atoms. The van der Waals surface area contributed by atoms with Gasteiger partial charge in [0.05, 0.1) is 4.88 Å². The van der Waals surface area contributed by atoms with Gasteiger partial charge < -0.3 is 5.32 Å². The van der Waals surface area contributed by atoms with Crippen LogP contribution in [-0.2, 0) is 12.8 Å². The third kappa shape index (κ3) is 3.31. The molecule has 24 heavy (non-hydrogen) atoms. The van der Waals surface area contributed by atoms with E-state index in [1.807, 2.05) is 39.0 Å². The first kappa shape index (κ1) is 16.6. The van der Waals surface area contributed by atoms with Gasteiger partial charge in [0.15, 0.2) is 0 Å². The molecule has 2 heterocycles. The molecule has 3 rings (SSSR count). The van der Waals surface area contributed by atoms with Crippen LogP contribution in [0, 0.1) is 13.8 Å². The molecule has 1 aromatic carbocycles. The van der Waals surface area contributed by atoms with Crippen molar-refractivity contribution in [3.05, 3.63) is 57.9 Å². The van der Waals surface area contributed by atoms with Crippen molar-refractivity contribution in [3.63, 3.8) is 0 Å². The van der Waals surface area contributed by atoms with E-state index in [-0.39, 0.29) is 5.91 Å². The fourth-order valence-electron chi connectivity index (χ4n) is 2.81. The first-order valence-electron chi connectivity index (χ1n) is 8.19. The lowest BCUT2D eigenvalue weighted by Gasteiger charge is -2.05. The van der Waals surface area contributed by atoms with Crippen LogP contribution in [0.1, 0.15) is 39.2 Å². The zero-order chi connectivity index (χ0) is 17.1. The molecule has 0 saturated heterocycles. The molecule has 0 aliphatic heterocycles. The Balaban J connectivity index is 1.77. The summed E-state index contributed by atoms with van der Waals surface area (Å²) in [5.74, 6) is 0.807. The molecule has 0 unspecified atom stereocenters. The molecule has 2 aromatic heterocycles. The molecule has 3 aromatic rings. The molecule has 0 radical (unpaired) electrons. The first-order valence-corrected chi connectivity index (χ1v) is 9.00. The number of carbonyl (C=O) groups is 1. The Kier molecular flexibility index (Phi) is 4.90. The van der Waals surface area contributed by atoms with Crippen LogP contribution in [0.5, 0.6) is 0 Å². The van der Waals surface area contributed by atoms with Gasteiger partial charge in [0.2, 0.25) is 0 Å². The van der Waals surface area contributed by atoms with Gasteiger partial charge in [0.1, 0.15) is 10.7 Å². The normalized spacial score (nSPS) is 11.0. The minimum Gasteiger partial charge on any atom is -0.351 e. The van der Waals surface area contributed by atoms with Gasteiger partial charge in [-0.2, -0.15) is 0 Å². The Hall–Kier alpha value is -2.27. The average molecular weight is 339 g/mol. The van der Waals surface area contributed by atoms with Crippen LogP contribution in [0.25, 0.3) is 10.2 Å². The highest BCUT2D eigenvalue weighted by Crippen LogP contribution is 2.31. The van der Waals surface area contributed by atoms with Crippen molar-refractivity contribution in [1.82, 2.24) is 15.3 Å². The zero-order valence-corrected chi connectivity index (χ0v) is 15.0. The number of thiophene rings is 1.